The average Bonchev–Trinajstić information content (AvgIpc) is 2.48. The van der Waals surface area contributed by atoms with Crippen molar-refractivity contribution in [3.8, 4) is 11.8 Å². The maximum absolute atomic E-state index is 12.0. The Morgan fingerprint density at radius 1 is 1.43 bits per heavy atom. The van der Waals surface area contributed by atoms with Crippen LogP contribution in [0.25, 0.3) is 0 Å². The molecule has 1 aromatic carbocycles. The van der Waals surface area contributed by atoms with Crippen LogP contribution in [-0.4, -0.2) is 17.9 Å². The number of nitrogens with zero attached hydrogens (tertiary/aromatic N) is 1. The number of methoxy groups -OCH3 is 1. The molecule has 1 atom stereocenters. The van der Waals surface area contributed by atoms with Gasteiger partial charge in [-0.25, -0.2) is 0 Å². The largest absolute Gasteiger partial charge is 0.497 e. The van der Waals surface area contributed by atoms with Gasteiger partial charge in [0.1, 0.15) is 17.4 Å². The minimum Gasteiger partial charge on any atom is -0.497 e. The van der Waals surface area contributed by atoms with E-state index < -0.39 is 4.87 Å². The van der Waals surface area contributed by atoms with Gasteiger partial charge in [-0.15, -0.1) is 0 Å². The van der Waals surface area contributed by atoms with Gasteiger partial charge in [0.15, 0.2) is 0 Å². The summed E-state index contributed by atoms with van der Waals surface area (Å²) in [6, 6.07) is 9.30. The van der Waals surface area contributed by atoms with Crippen LogP contribution in [0.2, 0.25) is 0 Å². The normalized spacial score (nSPS) is 21.5. The molecular formula is C15H17N3O2S. The molecule has 5 nitrogen and oxygen atoms in total. The van der Waals surface area contributed by atoms with Crippen molar-refractivity contribution >= 4 is 23.4 Å². The zero-order valence-corrected chi connectivity index (χ0v) is 13.0. The minimum atomic E-state index is -0.410. The predicted molar refractivity (Wildman–Crippen MR) is 83.7 cm³/mol. The molecule has 1 amide bonds. The van der Waals surface area contributed by atoms with E-state index in [0.29, 0.717) is 5.03 Å². The summed E-state index contributed by atoms with van der Waals surface area (Å²) in [7, 11) is 1.60. The average molecular weight is 303 g/mol. The summed E-state index contributed by atoms with van der Waals surface area (Å²) in [6.45, 7) is 3.94. The number of amides is 1. The summed E-state index contributed by atoms with van der Waals surface area (Å²) < 4.78 is 5.11. The van der Waals surface area contributed by atoms with Gasteiger partial charge in [0.2, 0.25) is 0 Å². The van der Waals surface area contributed by atoms with Crippen molar-refractivity contribution < 1.29 is 9.53 Å². The second-order valence-corrected chi connectivity index (χ2v) is 6.32. The molecular weight excluding hydrogens is 286 g/mol. The van der Waals surface area contributed by atoms with Crippen LogP contribution in [-0.2, 0) is 4.79 Å². The molecule has 1 aromatic rings. The van der Waals surface area contributed by atoms with Gasteiger partial charge in [0, 0.05) is 5.69 Å². The number of nitriles is 1. The number of ether oxygens (including phenoxy) is 1. The van der Waals surface area contributed by atoms with Crippen molar-refractivity contribution in [1.82, 2.24) is 5.32 Å². The Labute approximate surface area is 128 Å². The number of hydrogen-bond acceptors (Lipinski definition) is 5. The van der Waals surface area contributed by atoms with Gasteiger partial charge in [-0.3, -0.25) is 4.79 Å². The van der Waals surface area contributed by atoms with Gasteiger partial charge in [0.25, 0.3) is 5.91 Å². The Morgan fingerprint density at radius 2 is 2.10 bits per heavy atom. The molecule has 1 aliphatic heterocycles. The molecule has 21 heavy (non-hydrogen) atoms. The number of nitrogens with one attached hydrogen (secondary N) is 2. The maximum Gasteiger partial charge on any atom is 0.265 e. The van der Waals surface area contributed by atoms with Gasteiger partial charge in [-0.1, -0.05) is 18.7 Å². The molecule has 0 saturated heterocycles. The third-order valence-electron chi connectivity index (χ3n) is 3.29. The van der Waals surface area contributed by atoms with E-state index in [4.69, 9.17) is 4.74 Å². The SMILES string of the molecule is CCC1(C)NC(=O)C(C#N)=C(Nc2ccc(OC)cc2)S1. The first kappa shape index (κ1) is 15.3. The van der Waals surface area contributed by atoms with E-state index in [1.54, 1.807) is 7.11 Å². The van der Waals surface area contributed by atoms with Crippen molar-refractivity contribution in [3.05, 3.63) is 34.9 Å². The summed E-state index contributed by atoms with van der Waals surface area (Å²) in [5, 5.41) is 15.8. The fraction of sp³-hybridized carbons (Fsp3) is 0.333. The summed E-state index contributed by atoms with van der Waals surface area (Å²) >= 11 is 1.46. The molecule has 0 bridgehead atoms. The van der Waals surface area contributed by atoms with Crippen LogP contribution in [0.15, 0.2) is 34.9 Å². The minimum absolute atomic E-state index is 0.113. The lowest BCUT2D eigenvalue weighted by Gasteiger charge is -2.34. The number of carbonyl (C=O) groups is 1. The molecule has 0 saturated carbocycles. The van der Waals surface area contributed by atoms with E-state index in [0.717, 1.165) is 17.9 Å². The van der Waals surface area contributed by atoms with Crippen molar-refractivity contribution in [2.24, 2.45) is 0 Å². The standard InChI is InChI=1S/C15H17N3O2S/c1-4-15(2)18-13(19)12(9-16)14(21-15)17-10-5-7-11(20-3)8-6-10/h5-8,17H,4H2,1-3H3,(H,18,19). The number of anilines is 1. The van der Waals surface area contributed by atoms with Crippen molar-refractivity contribution in [2.45, 2.75) is 25.1 Å². The quantitative estimate of drug-likeness (QED) is 0.894. The lowest BCUT2D eigenvalue weighted by atomic mass is 10.2. The van der Waals surface area contributed by atoms with E-state index in [-0.39, 0.29) is 11.5 Å². The maximum atomic E-state index is 12.0. The molecule has 0 radical (unpaired) electrons. The number of carbonyl (C=O) groups excluding carboxylic acids is 1. The molecule has 1 aliphatic rings. The monoisotopic (exact) mass is 303 g/mol. The number of rotatable bonds is 4. The summed E-state index contributed by atoms with van der Waals surface area (Å²) in [5.41, 5.74) is 0.918. The lowest BCUT2D eigenvalue weighted by Crippen LogP contribution is -2.47. The first-order valence-corrected chi connectivity index (χ1v) is 7.40. The Morgan fingerprint density at radius 3 is 2.62 bits per heavy atom. The zero-order chi connectivity index (χ0) is 15.5. The van der Waals surface area contributed by atoms with Crippen LogP contribution in [0.3, 0.4) is 0 Å². The second kappa shape index (κ2) is 6.10. The first-order valence-electron chi connectivity index (χ1n) is 6.58. The first-order chi connectivity index (χ1) is 10.0. The molecule has 0 aliphatic carbocycles. The van der Waals surface area contributed by atoms with Crippen molar-refractivity contribution in [3.63, 3.8) is 0 Å². The van der Waals surface area contributed by atoms with Crippen LogP contribution in [0, 0.1) is 11.3 Å². The van der Waals surface area contributed by atoms with E-state index >= 15 is 0 Å². The number of benzene rings is 1. The highest BCUT2D eigenvalue weighted by Gasteiger charge is 2.35. The molecule has 1 unspecified atom stereocenters. The fourth-order valence-corrected chi connectivity index (χ4v) is 3.01. The van der Waals surface area contributed by atoms with Gasteiger partial charge in [-0.2, -0.15) is 5.26 Å². The third-order valence-corrected chi connectivity index (χ3v) is 4.65. The van der Waals surface area contributed by atoms with E-state index in [1.165, 1.54) is 11.8 Å². The van der Waals surface area contributed by atoms with Crippen LogP contribution in [0.1, 0.15) is 20.3 Å². The summed E-state index contributed by atoms with van der Waals surface area (Å²) in [5.74, 6) is 0.416. The van der Waals surface area contributed by atoms with Gasteiger partial charge < -0.3 is 15.4 Å². The summed E-state index contributed by atoms with van der Waals surface area (Å²) in [6.07, 6.45) is 0.760. The van der Waals surface area contributed by atoms with Crippen LogP contribution >= 0.6 is 11.8 Å². The molecule has 0 fully saturated rings. The van der Waals surface area contributed by atoms with Gasteiger partial charge >= 0.3 is 0 Å². The van der Waals surface area contributed by atoms with Crippen LogP contribution < -0.4 is 15.4 Å². The Bertz CT molecular complexity index is 619. The molecule has 0 aromatic heterocycles. The van der Waals surface area contributed by atoms with Gasteiger partial charge in [-0.05, 0) is 37.6 Å². The van der Waals surface area contributed by atoms with Crippen LogP contribution in [0.4, 0.5) is 5.69 Å². The van der Waals surface area contributed by atoms with E-state index in [9.17, 15) is 10.1 Å². The topological polar surface area (TPSA) is 74.2 Å². The third kappa shape index (κ3) is 3.31. The Hall–Kier alpha value is -2.13. The van der Waals surface area contributed by atoms with E-state index in [2.05, 4.69) is 10.6 Å². The highest BCUT2D eigenvalue weighted by molar-refractivity contribution is 8.04. The molecule has 2 N–H and O–H groups in total. The highest BCUT2D eigenvalue weighted by atomic mass is 32.2. The molecule has 6 heteroatoms. The molecule has 110 valence electrons. The predicted octanol–water partition coefficient (Wildman–Crippen LogP) is 2.83. The van der Waals surface area contributed by atoms with Crippen LogP contribution in [0.5, 0.6) is 5.75 Å². The molecule has 1 heterocycles. The Kier molecular flexibility index (Phi) is 4.43. The molecule has 0 spiro atoms. The van der Waals surface area contributed by atoms with Crippen molar-refractivity contribution in [2.75, 3.05) is 12.4 Å². The Balaban J connectivity index is 2.29. The smallest absolute Gasteiger partial charge is 0.265 e. The fourth-order valence-electron chi connectivity index (χ4n) is 1.86. The summed E-state index contributed by atoms with van der Waals surface area (Å²) in [4.78, 5) is 11.6. The number of hydrogen-bond donors (Lipinski definition) is 2. The lowest BCUT2D eigenvalue weighted by molar-refractivity contribution is -0.118. The second-order valence-electron chi connectivity index (χ2n) is 4.81. The zero-order valence-electron chi connectivity index (χ0n) is 12.2. The van der Waals surface area contributed by atoms with E-state index in [1.807, 2.05) is 44.2 Å². The van der Waals surface area contributed by atoms with Crippen molar-refractivity contribution in [1.29, 1.82) is 5.26 Å². The molecule has 2 rings (SSSR count). The number of thioether (sulfide) groups is 1. The van der Waals surface area contributed by atoms with Gasteiger partial charge in [0.05, 0.1) is 17.0 Å². The highest BCUT2D eigenvalue weighted by Crippen LogP contribution is 2.38.